The molecule has 0 amide bonds. The molecule has 0 bridgehead atoms. The molecule has 0 aliphatic carbocycles. The lowest BCUT2D eigenvalue weighted by molar-refractivity contribution is 0.107. The van der Waals surface area contributed by atoms with Crippen molar-refractivity contribution in [3.05, 3.63) is 12.2 Å². The minimum atomic E-state index is 0.371. The van der Waals surface area contributed by atoms with E-state index in [0.29, 0.717) is 24.0 Å². The second kappa shape index (κ2) is 6.68. The van der Waals surface area contributed by atoms with E-state index in [9.17, 15) is 0 Å². The summed E-state index contributed by atoms with van der Waals surface area (Å²) in [5, 5.41) is 8.02. The number of hydrogen-bond donors (Lipinski definition) is 1. The zero-order chi connectivity index (χ0) is 14.7. The van der Waals surface area contributed by atoms with Crippen molar-refractivity contribution in [3.63, 3.8) is 0 Å². The van der Waals surface area contributed by atoms with Gasteiger partial charge < -0.3 is 5.32 Å². The molecule has 114 valence electrons. The van der Waals surface area contributed by atoms with Crippen LogP contribution in [0.2, 0.25) is 0 Å². The summed E-state index contributed by atoms with van der Waals surface area (Å²) in [6.45, 7) is 14.3. The van der Waals surface area contributed by atoms with Gasteiger partial charge in [0.05, 0.1) is 6.54 Å². The highest BCUT2D eigenvalue weighted by Crippen LogP contribution is 2.18. The largest absolute Gasteiger partial charge is 0.311 e. The predicted octanol–water partition coefficient (Wildman–Crippen LogP) is 2.07. The van der Waals surface area contributed by atoms with E-state index in [4.69, 9.17) is 0 Å². The van der Waals surface area contributed by atoms with Gasteiger partial charge in [-0.15, -0.1) is 0 Å². The fraction of sp³-hybridized carbons (Fsp3) is 0.867. The van der Waals surface area contributed by atoms with E-state index >= 15 is 0 Å². The Bertz CT molecular complexity index is 414. The quantitative estimate of drug-likeness (QED) is 0.896. The van der Waals surface area contributed by atoms with Crippen LogP contribution in [0.25, 0.3) is 0 Å². The smallest absolute Gasteiger partial charge is 0.141 e. The Morgan fingerprint density at radius 2 is 2.15 bits per heavy atom. The fourth-order valence-corrected chi connectivity index (χ4v) is 2.83. The SMILES string of the molecule is CCC(C)C1CN(Cc2ncnn2C(C)C)C(C)CN1. The number of nitrogens with one attached hydrogen (secondary N) is 1. The molecule has 0 saturated carbocycles. The summed E-state index contributed by atoms with van der Waals surface area (Å²) < 4.78 is 2.03. The maximum atomic E-state index is 4.45. The number of aromatic nitrogens is 3. The summed E-state index contributed by atoms with van der Waals surface area (Å²) in [7, 11) is 0. The van der Waals surface area contributed by atoms with Crippen LogP contribution in [0.5, 0.6) is 0 Å². The van der Waals surface area contributed by atoms with E-state index in [1.165, 1.54) is 6.42 Å². The Balaban J connectivity index is 2.04. The molecule has 1 aromatic rings. The summed E-state index contributed by atoms with van der Waals surface area (Å²) >= 11 is 0. The molecule has 5 nitrogen and oxygen atoms in total. The van der Waals surface area contributed by atoms with Crippen LogP contribution in [0.4, 0.5) is 0 Å². The highest BCUT2D eigenvalue weighted by Gasteiger charge is 2.28. The van der Waals surface area contributed by atoms with Gasteiger partial charge in [-0.25, -0.2) is 9.67 Å². The van der Waals surface area contributed by atoms with Gasteiger partial charge in [0, 0.05) is 31.2 Å². The average Bonchev–Trinajstić information content (AvgIpc) is 2.88. The van der Waals surface area contributed by atoms with Crippen LogP contribution in [-0.2, 0) is 6.54 Å². The molecule has 1 N–H and O–H groups in total. The Morgan fingerprint density at radius 1 is 1.40 bits per heavy atom. The van der Waals surface area contributed by atoms with Crippen LogP contribution in [0, 0.1) is 5.92 Å². The Hall–Kier alpha value is -0.940. The predicted molar refractivity (Wildman–Crippen MR) is 81.5 cm³/mol. The average molecular weight is 279 g/mol. The van der Waals surface area contributed by atoms with E-state index in [-0.39, 0.29) is 0 Å². The van der Waals surface area contributed by atoms with Gasteiger partial charge >= 0.3 is 0 Å². The molecule has 2 rings (SSSR count). The summed E-state index contributed by atoms with van der Waals surface area (Å²) in [5.74, 6) is 1.80. The number of rotatable bonds is 5. The lowest BCUT2D eigenvalue weighted by Crippen LogP contribution is -2.57. The molecule has 1 aromatic heterocycles. The lowest BCUT2D eigenvalue weighted by atomic mass is 9.96. The van der Waals surface area contributed by atoms with Gasteiger partial charge in [-0.2, -0.15) is 5.10 Å². The molecule has 1 fully saturated rings. The van der Waals surface area contributed by atoms with Crippen molar-refractivity contribution in [2.75, 3.05) is 13.1 Å². The van der Waals surface area contributed by atoms with Crippen LogP contribution in [0.15, 0.2) is 6.33 Å². The number of nitrogens with zero attached hydrogens (tertiary/aromatic N) is 4. The van der Waals surface area contributed by atoms with E-state index in [1.807, 2.05) is 4.68 Å². The van der Waals surface area contributed by atoms with Gasteiger partial charge in [0.1, 0.15) is 12.2 Å². The fourth-order valence-electron chi connectivity index (χ4n) is 2.83. The van der Waals surface area contributed by atoms with Crippen molar-refractivity contribution in [1.29, 1.82) is 0 Å². The maximum absolute atomic E-state index is 4.45. The van der Waals surface area contributed by atoms with Gasteiger partial charge in [0.25, 0.3) is 0 Å². The highest BCUT2D eigenvalue weighted by molar-refractivity contribution is 4.92. The summed E-state index contributed by atoms with van der Waals surface area (Å²) in [6, 6.07) is 1.51. The first-order chi connectivity index (χ1) is 9.52. The Labute approximate surface area is 122 Å². The van der Waals surface area contributed by atoms with Crippen molar-refractivity contribution in [1.82, 2.24) is 25.0 Å². The molecule has 0 radical (unpaired) electrons. The standard InChI is InChI=1S/C15H29N5/c1-6-12(4)14-8-19(13(5)7-16-14)9-15-17-10-18-20(15)11(2)3/h10-14,16H,6-9H2,1-5H3. The highest BCUT2D eigenvalue weighted by atomic mass is 15.4. The van der Waals surface area contributed by atoms with Gasteiger partial charge in [-0.05, 0) is 26.7 Å². The molecule has 0 aromatic carbocycles. The topological polar surface area (TPSA) is 46.0 Å². The molecular weight excluding hydrogens is 250 g/mol. The van der Waals surface area contributed by atoms with Gasteiger partial charge in [-0.1, -0.05) is 20.3 Å². The van der Waals surface area contributed by atoms with Crippen LogP contribution in [-0.4, -0.2) is 44.8 Å². The second-order valence-corrected chi connectivity index (χ2v) is 6.39. The molecule has 0 spiro atoms. The summed E-state index contributed by atoms with van der Waals surface area (Å²) in [5.41, 5.74) is 0. The van der Waals surface area contributed by atoms with Crippen molar-refractivity contribution in [2.45, 2.75) is 65.7 Å². The van der Waals surface area contributed by atoms with Crippen molar-refractivity contribution >= 4 is 0 Å². The van der Waals surface area contributed by atoms with Gasteiger partial charge in [-0.3, -0.25) is 4.90 Å². The second-order valence-electron chi connectivity index (χ2n) is 6.39. The first kappa shape index (κ1) is 15.4. The molecular formula is C15H29N5. The van der Waals surface area contributed by atoms with Gasteiger partial charge in [0.15, 0.2) is 0 Å². The van der Waals surface area contributed by atoms with Crippen LogP contribution in [0.3, 0.4) is 0 Å². The zero-order valence-electron chi connectivity index (χ0n) is 13.5. The van der Waals surface area contributed by atoms with Crippen molar-refractivity contribution in [2.24, 2.45) is 5.92 Å². The third kappa shape index (κ3) is 3.38. The Kier molecular flexibility index (Phi) is 5.16. The number of hydrogen-bond acceptors (Lipinski definition) is 4. The third-order valence-electron chi connectivity index (χ3n) is 4.54. The zero-order valence-corrected chi connectivity index (χ0v) is 13.5. The molecule has 1 aliphatic heterocycles. The monoisotopic (exact) mass is 279 g/mol. The summed E-state index contributed by atoms with van der Waals surface area (Å²) in [4.78, 5) is 6.98. The molecule has 20 heavy (non-hydrogen) atoms. The first-order valence-corrected chi connectivity index (χ1v) is 7.88. The molecule has 3 unspecified atom stereocenters. The third-order valence-corrected chi connectivity index (χ3v) is 4.54. The van der Waals surface area contributed by atoms with Crippen molar-refractivity contribution in [3.8, 4) is 0 Å². The van der Waals surface area contributed by atoms with Crippen LogP contribution >= 0.6 is 0 Å². The van der Waals surface area contributed by atoms with E-state index in [1.54, 1.807) is 6.33 Å². The minimum absolute atomic E-state index is 0.371. The lowest BCUT2D eigenvalue weighted by Gasteiger charge is -2.40. The Morgan fingerprint density at radius 3 is 2.80 bits per heavy atom. The normalized spacial score (nSPS) is 26.1. The van der Waals surface area contributed by atoms with Crippen molar-refractivity contribution < 1.29 is 0 Å². The molecule has 3 atom stereocenters. The number of piperazine rings is 1. The van der Waals surface area contributed by atoms with E-state index < -0.39 is 0 Å². The molecule has 5 heteroatoms. The molecule has 1 saturated heterocycles. The van der Waals surface area contributed by atoms with Gasteiger partial charge in [0.2, 0.25) is 0 Å². The summed E-state index contributed by atoms with van der Waals surface area (Å²) in [6.07, 6.45) is 2.90. The van der Waals surface area contributed by atoms with Crippen LogP contribution < -0.4 is 5.32 Å². The van der Waals surface area contributed by atoms with E-state index in [2.05, 4.69) is 54.9 Å². The molecule has 1 aliphatic rings. The minimum Gasteiger partial charge on any atom is -0.311 e. The van der Waals surface area contributed by atoms with E-state index in [0.717, 1.165) is 25.5 Å². The van der Waals surface area contributed by atoms with Crippen LogP contribution in [0.1, 0.15) is 52.9 Å². The first-order valence-electron chi connectivity index (χ1n) is 7.88. The molecule has 2 heterocycles. The maximum Gasteiger partial charge on any atom is 0.141 e.